The Balaban J connectivity index is 1.54. The molecule has 1 fully saturated rings. The highest BCUT2D eigenvalue weighted by atomic mass is 35.5. The summed E-state index contributed by atoms with van der Waals surface area (Å²) >= 11 is 5.93. The molecule has 3 N–H and O–H groups in total. The summed E-state index contributed by atoms with van der Waals surface area (Å²) in [6.45, 7) is 0.511. The van der Waals surface area contributed by atoms with E-state index in [0.717, 1.165) is 12.8 Å². The number of rotatable bonds is 6. The number of nitrogens with one attached hydrogen (secondary N) is 3. The Labute approximate surface area is 184 Å². The second-order valence-corrected chi connectivity index (χ2v) is 9.15. The predicted octanol–water partition coefficient (Wildman–Crippen LogP) is 1.32. The molecule has 1 saturated heterocycles. The lowest BCUT2D eigenvalue weighted by atomic mass is 10.2. The minimum atomic E-state index is -3.67. The normalized spacial score (nSPS) is 14.1. The van der Waals surface area contributed by atoms with Crippen LogP contribution in [0.15, 0.2) is 53.4 Å². The van der Waals surface area contributed by atoms with E-state index in [0.29, 0.717) is 13.1 Å². The van der Waals surface area contributed by atoms with E-state index in [4.69, 9.17) is 11.6 Å². The Morgan fingerprint density at radius 1 is 0.935 bits per heavy atom. The summed E-state index contributed by atoms with van der Waals surface area (Å²) in [6, 6.07) is 12.0. The number of amides is 3. The molecule has 0 aliphatic carbocycles. The smallest absolute Gasteiger partial charge is 0.269 e. The number of carbonyl (C=O) groups is 3. The van der Waals surface area contributed by atoms with Crippen LogP contribution >= 0.6 is 11.6 Å². The molecule has 3 rings (SSSR count). The van der Waals surface area contributed by atoms with Gasteiger partial charge in [-0.1, -0.05) is 29.8 Å². The third-order valence-corrected chi connectivity index (χ3v) is 6.87. The zero-order valence-corrected chi connectivity index (χ0v) is 18.0. The van der Waals surface area contributed by atoms with Crippen molar-refractivity contribution in [1.29, 1.82) is 0 Å². The maximum atomic E-state index is 12.6. The summed E-state index contributed by atoms with van der Waals surface area (Å²) in [5.74, 6) is -1.90. The first kappa shape index (κ1) is 22.7. The number of hydrogen-bond donors (Lipinski definition) is 3. The zero-order chi connectivity index (χ0) is 22.4. The maximum absolute atomic E-state index is 12.6. The Morgan fingerprint density at radius 3 is 2.35 bits per heavy atom. The molecule has 11 heteroatoms. The summed E-state index contributed by atoms with van der Waals surface area (Å²) in [7, 11) is -3.67. The van der Waals surface area contributed by atoms with E-state index in [2.05, 4.69) is 16.2 Å². The van der Waals surface area contributed by atoms with Gasteiger partial charge in [-0.05, 0) is 43.2 Å². The van der Waals surface area contributed by atoms with Crippen molar-refractivity contribution < 1.29 is 22.8 Å². The second kappa shape index (κ2) is 9.90. The lowest BCUT2D eigenvalue weighted by Gasteiger charge is -2.16. The fourth-order valence-electron chi connectivity index (χ4n) is 3.02. The molecule has 0 atom stereocenters. The molecule has 1 heterocycles. The average molecular weight is 465 g/mol. The van der Waals surface area contributed by atoms with Gasteiger partial charge in [0, 0.05) is 18.7 Å². The summed E-state index contributed by atoms with van der Waals surface area (Å²) in [5.41, 5.74) is 4.66. The number of carbonyl (C=O) groups excluding carboxylic acids is 3. The largest absolute Gasteiger partial charge is 0.343 e. The van der Waals surface area contributed by atoms with E-state index in [9.17, 15) is 22.8 Å². The van der Waals surface area contributed by atoms with Crippen LogP contribution in [0.4, 0.5) is 0 Å². The van der Waals surface area contributed by atoms with E-state index in [1.54, 1.807) is 18.2 Å². The molecule has 1 aliphatic heterocycles. The number of halogens is 1. The molecule has 3 amide bonds. The molecule has 1 aliphatic rings. The van der Waals surface area contributed by atoms with Crippen molar-refractivity contribution in [2.75, 3.05) is 19.6 Å². The molecular formula is C20H21ClN4O5S. The monoisotopic (exact) mass is 464 g/mol. The number of sulfonamides is 1. The van der Waals surface area contributed by atoms with Gasteiger partial charge >= 0.3 is 0 Å². The van der Waals surface area contributed by atoms with E-state index in [-0.39, 0.29) is 21.0 Å². The van der Waals surface area contributed by atoms with Crippen LogP contribution in [0.25, 0.3) is 0 Å². The van der Waals surface area contributed by atoms with Crippen molar-refractivity contribution in [2.24, 2.45) is 0 Å². The molecular weight excluding hydrogens is 444 g/mol. The van der Waals surface area contributed by atoms with Gasteiger partial charge in [-0.2, -0.15) is 4.31 Å². The van der Waals surface area contributed by atoms with Gasteiger partial charge < -0.3 is 5.32 Å². The molecule has 0 spiro atoms. The Hall–Kier alpha value is -2.95. The van der Waals surface area contributed by atoms with Crippen LogP contribution in [-0.4, -0.2) is 50.1 Å². The lowest BCUT2D eigenvalue weighted by molar-refractivity contribution is -0.120. The first-order valence-electron chi connectivity index (χ1n) is 9.51. The van der Waals surface area contributed by atoms with Crippen LogP contribution in [0.5, 0.6) is 0 Å². The molecule has 0 saturated carbocycles. The molecule has 0 bridgehead atoms. The number of nitrogens with zero attached hydrogens (tertiary/aromatic N) is 1. The Kier molecular flexibility index (Phi) is 7.26. The fourth-order valence-corrected chi connectivity index (χ4v) is 4.80. The topological polar surface area (TPSA) is 125 Å². The van der Waals surface area contributed by atoms with E-state index in [1.807, 2.05) is 0 Å². The van der Waals surface area contributed by atoms with Crippen molar-refractivity contribution in [2.45, 2.75) is 17.7 Å². The highest BCUT2D eigenvalue weighted by Gasteiger charge is 2.27. The molecule has 9 nitrogen and oxygen atoms in total. The van der Waals surface area contributed by atoms with Gasteiger partial charge in [-0.25, -0.2) is 8.42 Å². The number of hydrazine groups is 1. The van der Waals surface area contributed by atoms with Crippen molar-refractivity contribution in [3.8, 4) is 0 Å². The average Bonchev–Trinajstić information content (AvgIpc) is 3.32. The van der Waals surface area contributed by atoms with Crippen LogP contribution in [0.2, 0.25) is 5.02 Å². The van der Waals surface area contributed by atoms with Gasteiger partial charge in [0.2, 0.25) is 10.0 Å². The molecule has 164 valence electrons. The quantitative estimate of drug-likeness (QED) is 0.556. The predicted molar refractivity (Wildman–Crippen MR) is 114 cm³/mol. The highest BCUT2D eigenvalue weighted by molar-refractivity contribution is 7.89. The molecule has 0 aromatic heterocycles. The van der Waals surface area contributed by atoms with Crippen LogP contribution in [0.3, 0.4) is 0 Å². The summed E-state index contributed by atoms with van der Waals surface area (Å²) in [6.07, 6.45) is 1.61. The third kappa shape index (κ3) is 5.60. The Bertz CT molecular complexity index is 1100. The number of hydrogen-bond acceptors (Lipinski definition) is 5. The van der Waals surface area contributed by atoms with Crippen molar-refractivity contribution in [3.05, 3.63) is 64.7 Å². The summed E-state index contributed by atoms with van der Waals surface area (Å²) in [4.78, 5) is 36.3. The van der Waals surface area contributed by atoms with Crippen LogP contribution in [0.1, 0.15) is 33.6 Å². The lowest BCUT2D eigenvalue weighted by Crippen LogP contribution is -2.46. The van der Waals surface area contributed by atoms with E-state index < -0.39 is 34.3 Å². The van der Waals surface area contributed by atoms with Crippen molar-refractivity contribution in [3.63, 3.8) is 0 Å². The molecule has 0 radical (unpaired) electrons. The van der Waals surface area contributed by atoms with Gasteiger partial charge in [0.1, 0.15) is 0 Å². The minimum Gasteiger partial charge on any atom is -0.343 e. The molecule has 31 heavy (non-hydrogen) atoms. The first-order valence-corrected chi connectivity index (χ1v) is 11.3. The standard InChI is InChI=1S/C20H21ClN4O5S/c21-17-9-2-1-8-16(17)20(28)22-13-18(26)23-24-19(27)14-6-5-7-15(12-14)31(29,30)25-10-3-4-11-25/h1-2,5-9,12H,3-4,10-11,13H2,(H,22,28)(H,23,26)(H,24,27). The van der Waals surface area contributed by atoms with Crippen LogP contribution in [0, 0.1) is 0 Å². The van der Waals surface area contributed by atoms with Crippen LogP contribution in [-0.2, 0) is 14.8 Å². The molecule has 2 aromatic carbocycles. The highest BCUT2D eigenvalue weighted by Crippen LogP contribution is 2.21. The first-order chi connectivity index (χ1) is 14.8. The third-order valence-electron chi connectivity index (χ3n) is 4.64. The summed E-state index contributed by atoms with van der Waals surface area (Å²) in [5, 5.41) is 2.64. The zero-order valence-electron chi connectivity index (χ0n) is 16.4. The Morgan fingerprint density at radius 2 is 1.65 bits per heavy atom. The van der Waals surface area contributed by atoms with E-state index in [1.165, 1.54) is 34.6 Å². The van der Waals surface area contributed by atoms with Gasteiger partial charge in [0.25, 0.3) is 17.7 Å². The molecule has 2 aromatic rings. The van der Waals surface area contributed by atoms with Gasteiger partial charge in [0.15, 0.2) is 0 Å². The SMILES string of the molecule is O=C(CNC(=O)c1ccccc1Cl)NNC(=O)c1cccc(S(=O)(=O)N2CCCC2)c1. The van der Waals surface area contributed by atoms with Gasteiger partial charge in [-0.3, -0.25) is 25.2 Å². The van der Waals surface area contributed by atoms with E-state index >= 15 is 0 Å². The summed E-state index contributed by atoms with van der Waals surface area (Å²) < 4.78 is 26.7. The van der Waals surface area contributed by atoms with Crippen molar-refractivity contribution in [1.82, 2.24) is 20.5 Å². The van der Waals surface area contributed by atoms with Crippen LogP contribution < -0.4 is 16.2 Å². The number of benzene rings is 2. The van der Waals surface area contributed by atoms with Gasteiger partial charge in [0.05, 0.1) is 22.0 Å². The molecule has 0 unspecified atom stereocenters. The second-order valence-electron chi connectivity index (χ2n) is 6.80. The van der Waals surface area contributed by atoms with Crippen molar-refractivity contribution >= 4 is 39.3 Å². The maximum Gasteiger partial charge on any atom is 0.269 e. The van der Waals surface area contributed by atoms with Gasteiger partial charge in [-0.15, -0.1) is 0 Å². The minimum absolute atomic E-state index is 0.0142. The fraction of sp³-hybridized carbons (Fsp3) is 0.250.